The molecule has 1 aliphatic heterocycles. The summed E-state index contributed by atoms with van der Waals surface area (Å²) in [5, 5.41) is 2.99. The number of nitrogens with zero attached hydrogens (tertiary/aromatic N) is 1. The van der Waals surface area contributed by atoms with Crippen LogP contribution in [0, 0.1) is 0 Å². The molecule has 2 rings (SSSR count). The molecule has 0 aromatic heterocycles. The number of rotatable bonds is 6. The first-order valence-electron chi connectivity index (χ1n) is 6.15. The van der Waals surface area contributed by atoms with E-state index in [1.807, 2.05) is 18.2 Å². The molecule has 0 radical (unpaired) electrons. The lowest BCUT2D eigenvalue weighted by Gasteiger charge is -2.17. The van der Waals surface area contributed by atoms with E-state index < -0.39 is 0 Å². The molecule has 0 saturated carbocycles. The molecule has 1 amide bonds. The second kappa shape index (κ2) is 6.24. The fraction of sp³-hybridized carbons (Fsp3) is 0.357. The zero-order chi connectivity index (χ0) is 13.7. The molecule has 1 aliphatic rings. The largest absolute Gasteiger partial charge is 0.454 e. The van der Waals surface area contributed by atoms with E-state index in [9.17, 15) is 4.79 Å². The van der Waals surface area contributed by atoms with Crippen molar-refractivity contribution in [3.63, 3.8) is 0 Å². The molecule has 19 heavy (non-hydrogen) atoms. The van der Waals surface area contributed by atoms with Crippen molar-refractivity contribution in [1.82, 2.24) is 10.2 Å². The minimum Gasteiger partial charge on any atom is -0.454 e. The summed E-state index contributed by atoms with van der Waals surface area (Å²) >= 11 is 0. The molecule has 0 atom stereocenters. The van der Waals surface area contributed by atoms with Gasteiger partial charge in [-0.25, -0.2) is 0 Å². The maximum absolute atomic E-state index is 11.8. The van der Waals surface area contributed by atoms with Gasteiger partial charge in [0.1, 0.15) is 0 Å². The summed E-state index contributed by atoms with van der Waals surface area (Å²) in [6.45, 7) is 5.34. The highest BCUT2D eigenvalue weighted by Crippen LogP contribution is 2.32. The van der Waals surface area contributed by atoms with E-state index in [4.69, 9.17) is 9.47 Å². The molecule has 0 fully saturated rings. The van der Waals surface area contributed by atoms with Crippen LogP contribution in [0.2, 0.25) is 0 Å². The van der Waals surface area contributed by atoms with Crippen LogP contribution in [0.15, 0.2) is 30.9 Å². The molecule has 0 bridgehead atoms. The lowest BCUT2D eigenvalue weighted by atomic mass is 10.2. The average molecular weight is 262 g/mol. The van der Waals surface area contributed by atoms with Gasteiger partial charge in [0.25, 0.3) is 0 Å². The van der Waals surface area contributed by atoms with Gasteiger partial charge in [-0.05, 0) is 17.7 Å². The van der Waals surface area contributed by atoms with Crippen LogP contribution >= 0.6 is 0 Å². The Hall–Kier alpha value is -2.01. The fourth-order valence-electron chi connectivity index (χ4n) is 1.82. The Kier molecular flexibility index (Phi) is 4.41. The number of benzene rings is 1. The quantitative estimate of drug-likeness (QED) is 0.617. The van der Waals surface area contributed by atoms with Crippen molar-refractivity contribution in [1.29, 1.82) is 0 Å². The van der Waals surface area contributed by atoms with E-state index in [-0.39, 0.29) is 12.7 Å². The molecule has 0 unspecified atom stereocenters. The number of ether oxygens (including phenoxy) is 2. The topological polar surface area (TPSA) is 50.8 Å². The van der Waals surface area contributed by atoms with E-state index in [0.717, 1.165) is 17.1 Å². The molecule has 5 nitrogen and oxygen atoms in total. The molecule has 1 aromatic carbocycles. The monoisotopic (exact) mass is 262 g/mol. The Morgan fingerprint density at radius 1 is 1.47 bits per heavy atom. The number of hydrogen-bond acceptors (Lipinski definition) is 4. The Balaban J connectivity index is 1.89. The van der Waals surface area contributed by atoms with Crippen LogP contribution in [0.3, 0.4) is 0 Å². The van der Waals surface area contributed by atoms with Crippen molar-refractivity contribution in [2.24, 2.45) is 0 Å². The van der Waals surface area contributed by atoms with Crippen molar-refractivity contribution >= 4 is 5.91 Å². The van der Waals surface area contributed by atoms with Crippen molar-refractivity contribution in [3.05, 3.63) is 36.4 Å². The molecule has 0 aliphatic carbocycles. The highest BCUT2D eigenvalue weighted by atomic mass is 16.7. The first-order valence-corrected chi connectivity index (χ1v) is 6.15. The lowest BCUT2D eigenvalue weighted by Crippen LogP contribution is -2.35. The number of carbonyl (C=O) groups is 1. The molecular formula is C14H18N2O3. The third-order valence-corrected chi connectivity index (χ3v) is 2.85. The molecule has 1 heterocycles. The van der Waals surface area contributed by atoms with Gasteiger partial charge in [0, 0.05) is 20.1 Å². The number of amides is 1. The number of fused-ring (bicyclic) bond motifs is 1. The molecule has 0 spiro atoms. The Labute approximate surface area is 112 Å². The van der Waals surface area contributed by atoms with Crippen LogP contribution in [0.1, 0.15) is 5.56 Å². The summed E-state index contributed by atoms with van der Waals surface area (Å²) < 4.78 is 10.6. The van der Waals surface area contributed by atoms with Gasteiger partial charge >= 0.3 is 0 Å². The van der Waals surface area contributed by atoms with Crippen molar-refractivity contribution in [2.75, 3.05) is 26.9 Å². The zero-order valence-electron chi connectivity index (χ0n) is 11.0. The van der Waals surface area contributed by atoms with Crippen molar-refractivity contribution in [3.8, 4) is 11.5 Å². The predicted molar refractivity (Wildman–Crippen MR) is 72.1 cm³/mol. The van der Waals surface area contributed by atoms with E-state index in [0.29, 0.717) is 19.6 Å². The third kappa shape index (κ3) is 3.48. The van der Waals surface area contributed by atoms with Gasteiger partial charge in [0.05, 0.1) is 6.54 Å². The molecule has 102 valence electrons. The van der Waals surface area contributed by atoms with Crippen LogP contribution in [0.25, 0.3) is 0 Å². The summed E-state index contributed by atoms with van der Waals surface area (Å²) in [5.74, 6) is 1.54. The Bertz CT molecular complexity index is 474. The minimum atomic E-state index is 0.0412. The fourth-order valence-corrected chi connectivity index (χ4v) is 1.82. The number of likely N-dealkylation sites (N-methyl/N-ethyl adjacent to an activating group) is 1. The van der Waals surface area contributed by atoms with Crippen LogP contribution in [0.4, 0.5) is 0 Å². The van der Waals surface area contributed by atoms with Gasteiger partial charge < -0.3 is 19.7 Å². The maximum atomic E-state index is 11.8. The normalized spacial score (nSPS) is 12.3. The lowest BCUT2D eigenvalue weighted by molar-refractivity contribution is -0.129. The summed E-state index contributed by atoms with van der Waals surface area (Å²) in [4.78, 5) is 13.5. The van der Waals surface area contributed by atoms with Gasteiger partial charge in [-0.3, -0.25) is 4.79 Å². The second-order valence-electron chi connectivity index (χ2n) is 4.36. The van der Waals surface area contributed by atoms with E-state index in [1.165, 1.54) is 0 Å². The van der Waals surface area contributed by atoms with Gasteiger partial charge in [-0.15, -0.1) is 6.58 Å². The molecule has 5 heteroatoms. The number of carbonyl (C=O) groups excluding carboxylic acids is 1. The summed E-state index contributed by atoms with van der Waals surface area (Å²) in [6.07, 6.45) is 1.73. The highest BCUT2D eigenvalue weighted by molar-refractivity contribution is 5.78. The van der Waals surface area contributed by atoms with Crippen molar-refractivity contribution in [2.45, 2.75) is 6.54 Å². The Morgan fingerprint density at radius 3 is 3.05 bits per heavy atom. The van der Waals surface area contributed by atoms with Crippen LogP contribution in [-0.2, 0) is 11.3 Å². The summed E-state index contributed by atoms with van der Waals surface area (Å²) in [7, 11) is 1.78. The first kappa shape index (κ1) is 13.4. The highest BCUT2D eigenvalue weighted by Gasteiger charge is 2.15. The van der Waals surface area contributed by atoms with E-state index >= 15 is 0 Å². The Morgan fingerprint density at radius 2 is 2.26 bits per heavy atom. The molecule has 0 saturated heterocycles. The van der Waals surface area contributed by atoms with Gasteiger partial charge in [-0.1, -0.05) is 12.1 Å². The summed E-state index contributed by atoms with van der Waals surface area (Å²) in [5.41, 5.74) is 1.02. The standard InChI is InChI=1S/C14H18N2O3/c1-3-6-15-8-14(17)16(2)9-11-4-5-12-13(7-11)19-10-18-12/h3-5,7,15H,1,6,8-10H2,2H3. The zero-order valence-corrected chi connectivity index (χ0v) is 11.0. The van der Waals surface area contributed by atoms with Gasteiger partial charge in [0.2, 0.25) is 12.7 Å². The van der Waals surface area contributed by atoms with Crippen LogP contribution in [0.5, 0.6) is 11.5 Å². The number of hydrogen-bond donors (Lipinski definition) is 1. The minimum absolute atomic E-state index is 0.0412. The predicted octanol–water partition coefficient (Wildman–Crippen LogP) is 1.15. The maximum Gasteiger partial charge on any atom is 0.236 e. The molecule has 1 N–H and O–H groups in total. The smallest absolute Gasteiger partial charge is 0.236 e. The van der Waals surface area contributed by atoms with E-state index in [1.54, 1.807) is 18.0 Å². The summed E-state index contributed by atoms with van der Waals surface area (Å²) in [6, 6.07) is 5.71. The van der Waals surface area contributed by atoms with Crippen LogP contribution < -0.4 is 14.8 Å². The second-order valence-corrected chi connectivity index (χ2v) is 4.36. The number of nitrogens with one attached hydrogen (secondary N) is 1. The first-order chi connectivity index (χ1) is 9.20. The van der Waals surface area contributed by atoms with Crippen LogP contribution in [-0.4, -0.2) is 37.7 Å². The SMILES string of the molecule is C=CCNCC(=O)N(C)Cc1ccc2c(c1)OCO2. The van der Waals surface area contributed by atoms with Gasteiger partial charge in [0.15, 0.2) is 11.5 Å². The molecule has 1 aromatic rings. The van der Waals surface area contributed by atoms with E-state index in [2.05, 4.69) is 11.9 Å². The molecular weight excluding hydrogens is 244 g/mol. The third-order valence-electron chi connectivity index (χ3n) is 2.85. The van der Waals surface area contributed by atoms with Crippen molar-refractivity contribution < 1.29 is 14.3 Å². The van der Waals surface area contributed by atoms with Gasteiger partial charge in [-0.2, -0.15) is 0 Å². The average Bonchev–Trinajstić information content (AvgIpc) is 2.86.